The summed E-state index contributed by atoms with van der Waals surface area (Å²) in [6, 6.07) is 13.2. The number of carbonyl (C=O) groups is 1. The molecule has 0 bridgehead atoms. The summed E-state index contributed by atoms with van der Waals surface area (Å²) in [4.78, 5) is 13.1. The number of nitrogens with one attached hydrogen (secondary N) is 2. The van der Waals surface area contributed by atoms with E-state index in [4.69, 9.17) is 4.74 Å². The molecule has 1 amide bonds. The standard InChI is InChI=1S/C18H14BrN3O2S/c19-13-5-3-6-14(11-13)24-9-2-1-8-20-18(23)16-12-15(21-22-16)17-7-4-10-25-17/h3-7,10-12H,8-9H2,(H,20,23)(H,21,22). The predicted octanol–water partition coefficient (Wildman–Crippen LogP) is 3.71. The van der Waals surface area contributed by atoms with Crippen LogP contribution in [0.4, 0.5) is 0 Å². The van der Waals surface area contributed by atoms with Crippen LogP contribution in [0.15, 0.2) is 52.3 Å². The summed E-state index contributed by atoms with van der Waals surface area (Å²) in [6.45, 7) is 0.499. The normalized spacial score (nSPS) is 9.96. The van der Waals surface area contributed by atoms with Crippen LogP contribution in [0, 0.1) is 11.8 Å². The van der Waals surface area contributed by atoms with E-state index in [-0.39, 0.29) is 19.1 Å². The van der Waals surface area contributed by atoms with Crippen LogP contribution in [0.5, 0.6) is 5.75 Å². The summed E-state index contributed by atoms with van der Waals surface area (Å²) in [5.74, 6) is 6.19. The van der Waals surface area contributed by atoms with Crippen LogP contribution < -0.4 is 10.1 Å². The van der Waals surface area contributed by atoms with Crippen LogP contribution in [0.25, 0.3) is 10.6 Å². The minimum Gasteiger partial charge on any atom is -0.481 e. The summed E-state index contributed by atoms with van der Waals surface area (Å²) < 4.78 is 6.44. The molecule has 0 saturated carbocycles. The monoisotopic (exact) mass is 415 g/mol. The Hall–Kier alpha value is -2.56. The minimum absolute atomic E-state index is 0.238. The van der Waals surface area contributed by atoms with Crippen molar-refractivity contribution in [2.75, 3.05) is 13.2 Å². The number of H-pyrrole nitrogens is 1. The molecule has 5 nitrogen and oxygen atoms in total. The lowest BCUT2D eigenvalue weighted by Gasteiger charge is -2.01. The summed E-state index contributed by atoms with van der Waals surface area (Å²) in [5, 5.41) is 11.6. The van der Waals surface area contributed by atoms with Crippen LogP contribution in [0.2, 0.25) is 0 Å². The minimum atomic E-state index is -0.263. The Bertz CT molecular complexity index is 910. The molecular formula is C18H14BrN3O2S. The zero-order valence-electron chi connectivity index (χ0n) is 13.1. The van der Waals surface area contributed by atoms with Gasteiger partial charge in [0.15, 0.2) is 5.69 Å². The first-order valence-electron chi connectivity index (χ1n) is 7.44. The second-order valence-corrected chi connectivity index (χ2v) is 6.79. The lowest BCUT2D eigenvalue weighted by Crippen LogP contribution is -2.24. The quantitative estimate of drug-likeness (QED) is 0.624. The van der Waals surface area contributed by atoms with Gasteiger partial charge in [-0.3, -0.25) is 9.89 Å². The first-order chi connectivity index (χ1) is 12.2. The smallest absolute Gasteiger partial charge is 0.272 e. The third-order valence-electron chi connectivity index (χ3n) is 3.17. The van der Waals surface area contributed by atoms with Gasteiger partial charge in [-0.1, -0.05) is 39.9 Å². The summed E-state index contributed by atoms with van der Waals surface area (Å²) in [7, 11) is 0. The topological polar surface area (TPSA) is 67.0 Å². The molecule has 126 valence electrons. The highest BCUT2D eigenvalue weighted by Gasteiger charge is 2.10. The lowest BCUT2D eigenvalue weighted by molar-refractivity contribution is 0.0953. The second kappa shape index (κ2) is 8.51. The molecule has 0 aliphatic carbocycles. The summed E-state index contributed by atoms with van der Waals surface area (Å²) in [5.41, 5.74) is 1.17. The molecule has 3 rings (SSSR count). The first-order valence-corrected chi connectivity index (χ1v) is 9.11. The number of aromatic nitrogens is 2. The number of rotatable bonds is 5. The molecule has 25 heavy (non-hydrogen) atoms. The van der Waals surface area contributed by atoms with Crippen molar-refractivity contribution in [3.05, 3.63) is 58.0 Å². The molecule has 2 aromatic heterocycles. The molecule has 1 aromatic carbocycles. The van der Waals surface area contributed by atoms with Crippen molar-refractivity contribution in [1.29, 1.82) is 0 Å². The Kier molecular flexibility index (Phi) is 5.88. The average molecular weight is 416 g/mol. The molecule has 0 unspecified atom stereocenters. The number of ether oxygens (including phenoxy) is 1. The number of halogens is 1. The van der Waals surface area contributed by atoms with E-state index < -0.39 is 0 Å². The van der Waals surface area contributed by atoms with E-state index in [0.29, 0.717) is 5.69 Å². The van der Waals surface area contributed by atoms with E-state index >= 15 is 0 Å². The predicted molar refractivity (Wildman–Crippen MR) is 102 cm³/mol. The highest BCUT2D eigenvalue weighted by molar-refractivity contribution is 9.10. The molecule has 2 heterocycles. The largest absolute Gasteiger partial charge is 0.481 e. The van der Waals surface area contributed by atoms with Crippen LogP contribution in [0.1, 0.15) is 10.5 Å². The number of aromatic amines is 1. The van der Waals surface area contributed by atoms with Crippen molar-refractivity contribution in [2.45, 2.75) is 0 Å². The van der Waals surface area contributed by atoms with Gasteiger partial charge in [-0.15, -0.1) is 11.3 Å². The van der Waals surface area contributed by atoms with E-state index in [2.05, 4.69) is 43.3 Å². The van der Waals surface area contributed by atoms with E-state index in [1.807, 2.05) is 41.8 Å². The third-order valence-corrected chi connectivity index (χ3v) is 4.56. The van der Waals surface area contributed by atoms with Gasteiger partial charge in [-0.25, -0.2) is 0 Å². The van der Waals surface area contributed by atoms with Gasteiger partial charge in [0.25, 0.3) is 5.91 Å². The fraction of sp³-hybridized carbons (Fsp3) is 0.111. The lowest BCUT2D eigenvalue weighted by atomic mass is 10.3. The van der Waals surface area contributed by atoms with Gasteiger partial charge in [0.2, 0.25) is 0 Å². The molecule has 7 heteroatoms. The summed E-state index contributed by atoms with van der Waals surface area (Å²) >= 11 is 4.96. The zero-order chi connectivity index (χ0) is 17.5. The Balaban J connectivity index is 1.44. The molecule has 3 aromatic rings. The molecule has 0 aliphatic heterocycles. The van der Waals surface area contributed by atoms with Crippen molar-refractivity contribution in [3.63, 3.8) is 0 Å². The maximum absolute atomic E-state index is 12.0. The van der Waals surface area contributed by atoms with Gasteiger partial charge in [0.05, 0.1) is 17.1 Å². The number of benzene rings is 1. The third kappa shape index (κ3) is 4.95. The SMILES string of the molecule is O=C(NCC#CCOc1cccc(Br)c1)c1cc(-c2cccs2)[nH]n1. The number of carbonyl (C=O) groups excluding carboxylic acids is 1. The Morgan fingerprint density at radius 1 is 1.28 bits per heavy atom. The van der Waals surface area contributed by atoms with E-state index in [1.165, 1.54) is 0 Å². The number of nitrogens with zero attached hydrogens (tertiary/aromatic N) is 1. The van der Waals surface area contributed by atoms with Crippen LogP contribution >= 0.6 is 27.3 Å². The Labute approximate surface area is 157 Å². The van der Waals surface area contributed by atoms with Gasteiger partial charge in [-0.2, -0.15) is 5.10 Å². The molecule has 0 saturated heterocycles. The van der Waals surface area contributed by atoms with Crippen LogP contribution in [-0.4, -0.2) is 29.3 Å². The van der Waals surface area contributed by atoms with Crippen molar-refractivity contribution in [3.8, 4) is 28.2 Å². The fourth-order valence-corrected chi connectivity index (χ4v) is 3.07. The highest BCUT2D eigenvalue weighted by atomic mass is 79.9. The number of hydrogen-bond acceptors (Lipinski definition) is 4. The average Bonchev–Trinajstić information content (AvgIpc) is 3.28. The maximum atomic E-state index is 12.0. The van der Waals surface area contributed by atoms with E-state index in [9.17, 15) is 4.79 Å². The van der Waals surface area contributed by atoms with Gasteiger partial charge >= 0.3 is 0 Å². The molecule has 0 fully saturated rings. The van der Waals surface area contributed by atoms with Gasteiger partial charge < -0.3 is 10.1 Å². The van der Waals surface area contributed by atoms with E-state index in [0.717, 1.165) is 20.8 Å². The van der Waals surface area contributed by atoms with Crippen LogP contribution in [-0.2, 0) is 0 Å². The second-order valence-electron chi connectivity index (χ2n) is 4.93. The molecule has 0 radical (unpaired) electrons. The van der Waals surface area contributed by atoms with Gasteiger partial charge in [-0.05, 0) is 35.7 Å². The highest BCUT2D eigenvalue weighted by Crippen LogP contribution is 2.22. The van der Waals surface area contributed by atoms with E-state index in [1.54, 1.807) is 17.4 Å². The van der Waals surface area contributed by atoms with Crippen molar-refractivity contribution in [1.82, 2.24) is 15.5 Å². The molecule has 0 spiro atoms. The van der Waals surface area contributed by atoms with Crippen molar-refractivity contribution >= 4 is 33.2 Å². The fourth-order valence-electron chi connectivity index (χ4n) is 2.00. The maximum Gasteiger partial charge on any atom is 0.272 e. The van der Waals surface area contributed by atoms with Gasteiger partial charge in [0.1, 0.15) is 12.4 Å². The van der Waals surface area contributed by atoms with Gasteiger partial charge in [0, 0.05) is 4.47 Å². The molecule has 0 aliphatic rings. The number of hydrogen-bond donors (Lipinski definition) is 2. The molecular weight excluding hydrogens is 402 g/mol. The number of amides is 1. The summed E-state index contributed by atoms with van der Waals surface area (Å²) in [6.07, 6.45) is 0. The van der Waals surface area contributed by atoms with Crippen LogP contribution in [0.3, 0.4) is 0 Å². The van der Waals surface area contributed by atoms with Crippen molar-refractivity contribution < 1.29 is 9.53 Å². The number of thiophene rings is 1. The van der Waals surface area contributed by atoms with Crippen molar-refractivity contribution in [2.24, 2.45) is 0 Å². The Morgan fingerprint density at radius 2 is 2.20 bits per heavy atom. The molecule has 2 N–H and O–H groups in total. The Morgan fingerprint density at radius 3 is 3.00 bits per heavy atom. The first kappa shape index (κ1) is 17.3. The molecule has 0 atom stereocenters. The zero-order valence-corrected chi connectivity index (χ0v) is 15.5.